The van der Waals surface area contributed by atoms with Gasteiger partial charge in [0.1, 0.15) is 0 Å². The summed E-state index contributed by atoms with van der Waals surface area (Å²) < 4.78 is 11.0. The number of hydrogen-bond acceptors (Lipinski definition) is 4. The summed E-state index contributed by atoms with van der Waals surface area (Å²) in [5.74, 6) is -0.983. The van der Waals surface area contributed by atoms with Crippen molar-refractivity contribution < 1.29 is 19.1 Å². The van der Waals surface area contributed by atoms with Gasteiger partial charge in [0.15, 0.2) is 0 Å². The molecule has 0 bridgehead atoms. The van der Waals surface area contributed by atoms with Crippen molar-refractivity contribution in [3.63, 3.8) is 0 Å². The van der Waals surface area contributed by atoms with Gasteiger partial charge >= 0.3 is 11.9 Å². The maximum Gasteiger partial charge on any atom is 0.309 e. The molecule has 0 aromatic rings. The Labute approximate surface area is 211 Å². The van der Waals surface area contributed by atoms with E-state index in [2.05, 4.69) is 13.8 Å². The van der Waals surface area contributed by atoms with E-state index >= 15 is 0 Å². The van der Waals surface area contributed by atoms with Gasteiger partial charge in [-0.15, -0.1) is 0 Å². The molecule has 4 heteroatoms. The van der Waals surface area contributed by atoms with Gasteiger partial charge < -0.3 is 9.47 Å². The van der Waals surface area contributed by atoms with E-state index < -0.39 is 0 Å². The molecule has 0 N–H and O–H groups in total. The number of unbranched alkanes of at least 4 members (excludes halogenated alkanes) is 16. The van der Waals surface area contributed by atoms with Crippen LogP contribution in [0.15, 0.2) is 0 Å². The summed E-state index contributed by atoms with van der Waals surface area (Å²) in [6.07, 6.45) is 26.8. The zero-order valence-electron chi connectivity index (χ0n) is 22.8. The Hall–Kier alpha value is -1.06. The highest BCUT2D eigenvalue weighted by molar-refractivity contribution is 5.82. The fourth-order valence-corrected chi connectivity index (χ4v) is 5.05. The van der Waals surface area contributed by atoms with E-state index in [1.165, 1.54) is 89.9 Å². The average Bonchev–Trinajstić information content (AvgIpc) is 2.85. The molecular formula is C30H56O4. The minimum atomic E-state index is -0.302. The number of ether oxygens (including phenoxy) is 2. The zero-order chi connectivity index (χ0) is 24.7. The van der Waals surface area contributed by atoms with E-state index in [-0.39, 0.29) is 23.8 Å². The van der Waals surface area contributed by atoms with E-state index in [0.29, 0.717) is 13.2 Å². The second kappa shape index (κ2) is 22.4. The molecule has 200 valence electrons. The van der Waals surface area contributed by atoms with Gasteiger partial charge in [0.25, 0.3) is 0 Å². The molecule has 4 nitrogen and oxygen atoms in total. The number of carbonyl (C=O) groups excluding carboxylic acids is 2. The fraction of sp³-hybridized carbons (Fsp3) is 0.933. The summed E-state index contributed by atoms with van der Waals surface area (Å²) in [7, 11) is 0. The highest BCUT2D eigenvalue weighted by Crippen LogP contribution is 2.32. The van der Waals surface area contributed by atoms with Crippen molar-refractivity contribution >= 4 is 11.9 Å². The van der Waals surface area contributed by atoms with Crippen molar-refractivity contribution in [1.82, 2.24) is 0 Å². The Balaban J connectivity index is 1.95. The third-order valence-corrected chi connectivity index (χ3v) is 7.36. The van der Waals surface area contributed by atoms with Crippen LogP contribution in [-0.4, -0.2) is 25.2 Å². The molecule has 0 heterocycles. The average molecular weight is 481 g/mol. The molecule has 2 unspecified atom stereocenters. The normalized spacial score (nSPS) is 18.1. The number of esters is 2. The fourth-order valence-electron chi connectivity index (χ4n) is 5.05. The molecule has 1 aliphatic rings. The maximum absolute atomic E-state index is 12.6. The molecule has 1 fully saturated rings. The first kappa shape index (κ1) is 31.0. The first-order valence-corrected chi connectivity index (χ1v) is 15.0. The minimum absolute atomic E-state index is 0.182. The summed E-state index contributed by atoms with van der Waals surface area (Å²) >= 11 is 0. The molecule has 0 amide bonds. The predicted octanol–water partition coefficient (Wildman–Crippen LogP) is 8.94. The first-order chi connectivity index (χ1) is 16.7. The van der Waals surface area contributed by atoms with Crippen molar-refractivity contribution in [2.24, 2.45) is 11.8 Å². The van der Waals surface area contributed by atoms with Crippen molar-refractivity contribution in [2.75, 3.05) is 13.2 Å². The largest absolute Gasteiger partial charge is 0.465 e. The van der Waals surface area contributed by atoms with E-state index in [1.54, 1.807) is 0 Å². The number of hydrogen-bond donors (Lipinski definition) is 0. The van der Waals surface area contributed by atoms with Crippen LogP contribution in [0, 0.1) is 11.8 Å². The molecule has 2 atom stereocenters. The monoisotopic (exact) mass is 480 g/mol. The highest BCUT2D eigenvalue weighted by Gasteiger charge is 2.37. The van der Waals surface area contributed by atoms with Crippen LogP contribution < -0.4 is 0 Å². The molecule has 0 aliphatic heterocycles. The highest BCUT2D eigenvalue weighted by atomic mass is 16.5. The van der Waals surface area contributed by atoms with Gasteiger partial charge in [-0.25, -0.2) is 0 Å². The molecule has 0 saturated heterocycles. The van der Waals surface area contributed by atoms with Gasteiger partial charge in [-0.2, -0.15) is 0 Å². The summed E-state index contributed by atoms with van der Waals surface area (Å²) in [5, 5.41) is 0. The second-order valence-corrected chi connectivity index (χ2v) is 10.5. The summed E-state index contributed by atoms with van der Waals surface area (Å²) in [4.78, 5) is 25.0. The van der Waals surface area contributed by atoms with Crippen LogP contribution in [0.2, 0.25) is 0 Å². The quantitative estimate of drug-likeness (QED) is 0.115. The van der Waals surface area contributed by atoms with Gasteiger partial charge in [0, 0.05) is 0 Å². The Morgan fingerprint density at radius 2 is 0.824 bits per heavy atom. The van der Waals surface area contributed by atoms with Crippen LogP contribution in [0.3, 0.4) is 0 Å². The van der Waals surface area contributed by atoms with Crippen molar-refractivity contribution in [2.45, 2.75) is 155 Å². The van der Waals surface area contributed by atoms with Crippen LogP contribution >= 0.6 is 0 Å². The number of rotatable bonds is 22. The molecule has 1 rings (SSSR count). The Bertz CT molecular complexity index is 490. The molecule has 0 aromatic heterocycles. The van der Waals surface area contributed by atoms with Crippen molar-refractivity contribution in [1.29, 1.82) is 0 Å². The van der Waals surface area contributed by atoms with Crippen molar-refractivity contribution in [3.8, 4) is 0 Å². The lowest BCUT2D eigenvalue weighted by Crippen LogP contribution is -2.35. The summed E-state index contributed by atoms with van der Waals surface area (Å²) in [6, 6.07) is 0. The lowest BCUT2D eigenvalue weighted by molar-refractivity contribution is -0.163. The molecule has 0 aromatic carbocycles. The van der Waals surface area contributed by atoms with E-state index in [9.17, 15) is 9.59 Å². The molecule has 0 radical (unpaired) electrons. The Morgan fingerprint density at radius 1 is 0.500 bits per heavy atom. The molecule has 34 heavy (non-hydrogen) atoms. The van der Waals surface area contributed by atoms with Crippen molar-refractivity contribution in [3.05, 3.63) is 0 Å². The topological polar surface area (TPSA) is 52.6 Å². The lowest BCUT2D eigenvalue weighted by Gasteiger charge is -2.28. The minimum Gasteiger partial charge on any atom is -0.465 e. The second-order valence-electron chi connectivity index (χ2n) is 10.5. The molecule has 1 saturated carbocycles. The van der Waals surface area contributed by atoms with Crippen LogP contribution in [0.25, 0.3) is 0 Å². The first-order valence-electron chi connectivity index (χ1n) is 15.0. The Kier molecular flexibility index (Phi) is 20.4. The van der Waals surface area contributed by atoms with Crippen LogP contribution in [0.1, 0.15) is 155 Å². The summed E-state index contributed by atoms with van der Waals surface area (Å²) in [5.41, 5.74) is 0. The van der Waals surface area contributed by atoms with Crippen LogP contribution in [-0.2, 0) is 19.1 Å². The van der Waals surface area contributed by atoms with Crippen LogP contribution in [0.4, 0.5) is 0 Å². The standard InChI is InChI=1S/C30H56O4/c1-3-5-7-8-9-10-11-12-13-14-15-16-17-18-19-22-26-34-30(32)28-24-21-20-23-27(28)29(31)33-25-6-4-2/h27-28H,3-26H2,1-2H3. The molecule has 1 aliphatic carbocycles. The van der Waals surface area contributed by atoms with Gasteiger partial charge in [0.2, 0.25) is 0 Å². The van der Waals surface area contributed by atoms with Crippen LogP contribution in [0.5, 0.6) is 0 Å². The smallest absolute Gasteiger partial charge is 0.309 e. The molecule has 0 spiro atoms. The maximum atomic E-state index is 12.6. The molecular weight excluding hydrogens is 424 g/mol. The predicted molar refractivity (Wildman–Crippen MR) is 142 cm³/mol. The van der Waals surface area contributed by atoms with Gasteiger partial charge in [-0.1, -0.05) is 129 Å². The van der Waals surface area contributed by atoms with E-state index in [4.69, 9.17) is 9.47 Å². The van der Waals surface area contributed by atoms with Gasteiger partial charge in [0.05, 0.1) is 25.0 Å². The van der Waals surface area contributed by atoms with E-state index in [1.807, 2.05) is 0 Å². The third kappa shape index (κ3) is 15.8. The SMILES string of the molecule is CCCCCCCCCCCCCCCCCCOC(=O)C1CCCCC1C(=O)OCCCC. The van der Waals surface area contributed by atoms with Gasteiger partial charge in [-0.3, -0.25) is 9.59 Å². The summed E-state index contributed by atoms with van der Waals surface area (Å²) in [6.45, 7) is 5.31. The Morgan fingerprint density at radius 3 is 1.21 bits per heavy atom. The zero-order valence-corrected chi connectivity index (χ0v) is 22.8. The lowest BCUT2D eigenvalue weighted by atomic mass is 9.79. The number of carbonyl (C=O) groups is 2. The van der Waals surface area contributed by atoms with Gasteiger partial charge in [-0.05, 0) is 25.7 Å². The van der Waals surface area contributed by atoms with E-state index in [0.717, 1.165) is 51.4 Å². The third-order valence-electron chi connectivity index (χ3n) is 7.36.